The van der Waals surface area contributed by atoms with Gasteiger partial charge in [-0.15, -0.1) is 11.3 Å². The first kappa shape index (κ1) is 19.3. The summed E-state index contributed by atoms with van der Waals surface area (Å²) in [4.78, 5) is 16.5. The fourth-order valence-electron chi connectivity index (χ4n) is 3.22. The Kier molecular flexibility index (Phi) is 5.40. The third-order valence-electron chi connectivity index (χ3n) is 4.72. The molecule has 0 saturated heterocycles. The van der Waals surface area contributed by atoms with Crippen LogP contribution >= 0.6 is 11.3 Å². The molecule has 0 saturated carbocycles. The van der Waals surface area contributed by atoms with Crippen LogP contribution in [0.1, 0.15) is 46.6 Å². The van der Waals surface area contributed by atoms with Gasteiger partial charge in [0.05, 0.1) is 18.4 Å². The highest BCUT2D eigenvalue weighted by Crippen LogP contribution is 2.38. The molecule has 29 heavy (non-hydrogen) atoms. The molecular formula is C22H20FN3O2S. The van der Waals surface area contributed by atoms with Crippen molar-refractivity contribution < 1.29 is 13.9 Å². The van der Waals surface area contributed by atoms with Crippen molar-refractivity contribution >= 4 is 28.1 Å². The molecule has 1 atom stereocenters. The van der Waals surface area contributed by atoms with Crippen molar-refractivity contribution in [2.24, 2.45) is 5.10 Å². The molecule has 0 N–H and O–H groups in total. The molecule has 0 bridgehead atoms. The first-order valence-corrected chi connectivity index (χ1v) is 10.2. The van der Waals surface area contributed by atoms with Gasteiger partial charge in [0, 0.05) is 11.8 Å². The summed E-state index contributed by atoms with van der Waals surface area (Å²) in [6, 6.07) is 14.6. The van der Waals surface area contributed by atoms with Crippen LogP contribution in [0.15, 0.2) is 59.0 Å². The van der Waals surface area contributed by atoms with Gasteiger partial charge in [-0.3, -0.25) is 0 Å². The van der Waals surface area contributed by atoms with Gasteiger partial charge in [-0.2, -0.15) is 5.10 Å². The molecule has 0 aliphatic carbocycles. The fourth-order valence-corrected chi connectivity index (χ4v) is 4.01. The average Bonchev–Trinajstić information content (AvgIpc) is 3.37. The van der Waals surface area contributed by atoms with Crippen molar-refractivity contribution in [3.05, 3.63) is 82.1 Å². The SMILES string of the molecule is CCOC(=O)c1csc(N2N=C(c3ccc(F)cc3)CC2c2ccc(C)cc2)n1. The number of thiazole rings is 1. The molecule has 0 radical (unpaired) electrons. The standard InChI is InChI=1S/C22H20FN3O2S/c1-3-28-21(27)19-13-29-22(24-19)26-20(16-6-4-14(2)5-7-16)12-18(25-26)15-8-10-17(23)11-9-15/h4-11,13,20H,3,12H2,1-2H3. The van der Waals surface area contributed by atoms with Gasteiger partial charge in [0.25, 0.3) is 0 Å². The highest BCUT2D eigenvalue weighted by atomic mass is 32.1. The van der Waals surface area contributed by atoms with E-state index in [-0.39, 0.29) is 17.6 Å². The number of carbonyl (C=O) groups excluding carboxylic acids is 1. The van der Waals surface area contributed by atoms with E-state index >= 15 is 0 Å². The second-order valence-corrected chi connectivity index (χ2v) is 7.60. The normalized spacial score (nSPS) is 16.0. The number of esters is 1. The minimum atomic E-state index is -0.441. The van der Waals surface area contributed by atoms with Gasteiger partial charge in [0.15, 0.2) is 5.69 Å². The average molecular weight is 409 g/mol. The maximum absolute atomic E-state index is 13.3. The number of ether oxygens (including phenoxy) is 1. The molecule has 2 heterocycles. The van der Waals surface area contributed by atoms with Gasteiger partial charge in [0.1, 0.15) is 5.82 Å². The Bertz CT molecular complexity index is 1040. The molecule has 148 valence electrons. The third-order valence-corrected chi connectivity index (χ3v) is 5.55. The maximum Gasteiger partial charge on any atom is 0.357 e. The van der Waals surface area contributed by atoms with E-state index in [9.17, 15) is 9.18 Å². The van der Waals surface area contributed by atoms with E-state index < -0.39 is 5.97 Å². The summed E-state index contributed by atoms with van der Waals surface area (Å²) in [7, 11) is 0. The van der Waals surface area contributed by atoms with E-state index in [1.807, 2.05) is 11.9 Å². The van der Waals surface area contributed by atoms with Crippen LogP contribution in [0.4, 0.5) is 9.52 Å². The molecule has 4 rings (SSSR count). The van der Waals surface area contributed by atoms with Gasteiger partial charge in [-0.25, -0.2) is 19.2 Å². The number of aryl methyl sites for hydroxylation is 1. The number of nitrogens with zero attached hydrogens (tertiary/aromatic N) is 3. The number of aromatic nitrogens is 1. The number of hydrazone groups is 1. The van der Waals surface area contributed by atoms with E-state index in [1.165, 1.54) is 29.0 Å². The van der Waals surface area contributed by atoms with E-state index in [2.05, 4.69) is 29.2 Å². The molecule has 0 amide bonds. The molecule has 7 heteroatoms. The van der Waals surface area contributed by atoms with Crippen LogP contribution in [0.2, 0.25) is 0 Å². The number of hydrogen-bond donors (Lipinski definition) is 0. The first-order chi connectivity index (χ1) is 14.0. The van der Waals surface area contributed by atoms with E-state index in [0.717, 1.165) is 16.8 Å². The van der Waals surface area contributed by atoms with Crippen LogP contribution in [0.25, 0.3) is 0 Å². The first-order valence-electron chi connectivity index (χ1n) is 9.37. The lowest BCUT2D eigenvalue weighted by Gasteiger charge is -2.21. The van der Waals surface area contributed by atoms with Crippen LogP contribution in [-0.2, 0) is 4.74 Å². The molecule has 2 aromatic carbocycles. The number of rotatable bonds is 5. The minimum Gasteiger partial charge on any atom is -0.461 e. The predicted octanol–water partition coefficient (Wildman–Crippen LogP) is 5.12. The monoisotopic (exact) mass is 409 g/mol. The summed E-state index contributed by atoms with van der Waals surface area (Å²) in [6.07, 6.45) is 0.656. The summed E-state index contributed by atoms with van der Waals surface area (Å²) in [6.45, 7) is 4.11. The second kappa shape index (κ2) is 8.13. The largest absolute Gasteiger partial charge is 0.461 e. The van der Waals surface area contributed by atoms with Crippen molar-refractivity contribution in [1.29, 1.82) is 0 Å². The van der Waals surface area contributed by atoms with Gasteiger partial charge in [0.2, 0.25) is 5.13 Å². The van der Waals surface area contributed by atoms with Gasteiger partial charge in [-0.05, 0) is 37.1 Å². The van der Waals surface area contributed by atoms with Crippen LogP contribution in [-0.4, -0.2) is 23.3 Å². The zero-order chi connectivity index (χ0) is 20.4. The van der Waals surface area contributed by atoms with Gasteiger partial charge < -0.3 is 4.74 Å². The predicted molar refractivity (Wildman–Crippen MR) is 112 cm³/mol. The van der Waals surface area contributed by atoms with Crippen molar-refractivity contribution in [2.75, 3.05) is 11.6 Å². The molecule has 3 aromatic rings. The number of benzene rings is 2. The molecule has 1 aromatic heterocycles. The number of hydrogen-bond acceptors (Lipinski definition) is 6. The van der Waals surface area contributed by atoms with Crippen molar-refractivity contribution in [1.82, 2.24) is 4.98 Å². The third kappa shape index (κ3) is 4.05. The Morgan fingerprint density at radius 1 is 1.21 bits per heavy atom. The van der Waals surface area contributed by atoms with Crippen molar-refractivity contribution in [3.63, 3.8) is 0 Å². The van der Waals surface area contributed by atoms with Crippen LogP contribution < -0.4 is 5.01 Å². The zero-order valence-electron chi connectivity index (χ0n) is 16.1. The maximum atomic E-state index is 13.3. The number of anilines is 1. The molecule has 1 aliphatic heterocycles. The van der Waals surface area contributed by atoms with Crippen LogP contribution in [0.3, 0.4) is 0 Å². The number of carbonyl (C=O) groups is 1. The quantitative estimate of drug-likeness (QED) is 0.549. The summed E-state index contributed by atoms with van der Waals surface area (Å²) in [5, 5.41) is 8.93. The molecule has 5 nitrogen and oxygen atoms in total. The Balaban J connectivity index is 1.70. The Morgan fingerprint density at radius 3 is 2.62 bits per heavy atom. The van der Waals surface area contributed by atoms with Gasteiger partial charge >= 0.3 is 5.97 Å². The molecule has 1 aliphatic rings. The Morgan fingerprint density at radius 2 is 1.93 bits per heavy atom. The lowest BCUT2D eigenvalue weighted by atomic mass is 9.98. The van der Waals surface area contributed by atoms with Crippen molar-refractivity contribution in [2.45, 2.75) is 26.3 Å². The van der Waals surface area contributed by atoms with Gasteiger partial charge in [-0.1, -0.05) is 42.0 Å². The summed E-state index contributed by atoms with van der Waals surface area (Å²) in [5.41, 5.74) is 4.28. The highest BCUT2D eigenvalue weighted by Gasteiger charge is 2.32. The minimum absolute atomic E-state index is 0.0585. The van der Waals surface area contributed by atoms with E-state index in [1.54, 1.807) is 24.4 Å². The molecule has 0 fully saturated rings. The Hall–Kier alpha value is -3.06. The summed E-state index contributed by atoms with van der Waals surface area (Å²) >= 11 is 1.35. The second-order valence-electron chi connectivity index (χ2n) is 6.76. The Labute approximate surface area is 172 Å². The lowest BCUT2D eigenvalue weighted by Crippen LogP contribution is -2.18. The number of halogens is 1. The zero-order valence-corrected chi connectivity index (χ0v) is 16.9. The van der Waals surface area contributed by atoms with E-state index in [0.29, 0.717) is 18.2 Å². The molecular weight excluding hydrogens is 389 g/mol. The fraction of sp³-hybridized carbons (Fsp3) is 0.227. The summed E-state index contributed by atoms with van der Waals surface area (Å²) < 4.78 is 18.4. The topological polar surface area (TPSA) is 54.8 Å². The molecule has 1 unspecified atom stereocenters. The van der Waals surface area contributed by atoms with Crippen LogP contribution in [0, 0.1) is 12.7 Å². The van der Waals surface area contributed by atoms with E-state index in [4.69, 9.17) is 9.84 Å². The smallest absolute Gasteiger partial charge is 0.357 e. The summed E-state index contributed by atoms with van der Waals surface area (Å²) in [5.74, 6) is -0.720. The van der Waals surface area contributed by atoms with Crippen molar-refractivity contribution in [3.8, 4) is 0 Å². The highest BCUT2D eigenvalue weighted by molar-refractivity contribution is 7.13. The lowest BCUT2D eigenvalue weighted by molar-refractivity contribution is 0.0520. The molecule has 0 spiro atoms. The van der Waals surface area contributed by atoms with Crippen LogP contribution in [0.5, 0.6) is 0 Å².